The summed E-state index contributed by atoms with van der Waals surface area (Å²) in [5, 5.41) is -1.94. The smallest absolute Gasteiger partial charge is 0.316 e. The number of nitrogens with two attached hydrogens (primary N) is 3. The fraction of sp³-hybridized carbons (Fsp3) is 0.190. The maximum absolute atomic E-state index is 11.6. The number of benzene rings is 1. The third kappa shape index (κ3) is 6.79. The lowest BCUT2D eigenvalue weighted by atomic mass is 9.99. The lowest BCUT2D eigenvalue weighted by Crippen LogP contribution is -2.84. The minimum absolute atomic E-state index is 0.0686. The average molecular weight is 534 g/mol. The zero-order valence-corrected chi connectivity index (χ0v) is 20.5. The number of hydrogen-bond acceptors (Lipinski definition) is 8. The number of pyridine rings is 1. The Bertz CT molecular complexity index is 1530. The molecule has 2 heterocycles. The van der Waals surface area contributed by atoms with Gasteiger partial charge in [0.15, 0.2) is 12.4 Å². The van der Waals surface area contributed by atoms with Crippen molar-refractivity contribution in [2.24, 2.45) is 29.2 Å². The molecule has 15 heteroatoms. The van der Waals surface area contributed by atoms with Crippen LogP contribution in [0, 0.1) is 11.8 Å². The summed E-state index contributed by atoms with van der Waals surface area (Å²) in [4.78, 5) is 6.63. The number of nitrogens with zero attached hydrogens (tertiary/aromatic N) is 2. The number of guanidine groups is 2. The minimum Gasteiger partial charge on any atom is -0.748 e. The molecule has 190 valence electrons. The molecule has 1 aliphatic rings. The van der Waals surface area contributed by atoms with Crippen LogP contribution in [-0.4, -0.2) is 48.5 Å². The predicted octanol–water partition coefficient (Wildman–Crippen LogP) is -3.51. The quantitative estimate of drug-likeness (QED) is 0.0854. The maximum Gasteiger partial charge on any atom is 0.316 e. The number of nitrogens with one attached hydrogen (secondary N) is 2. The zero-order chi connectivity index (χ0) is 26.7. The SMILES string of the molecule is C[n+]1ccc(-c2ccc(N=C(N)[NH+]=C(N)N)cc2C#CC2=CN[C@H](S(=O)(=O)[O-])[C@H](S(=O)(=O)[O-])C2)cc1. The third-order valence-electron chi connectivity index (χ3n) is 5.03. The van der Waals surface area contributed by atoms with Gasteiger partial charge in [0, 0.05) is 35.9 Å². The van der Waals surface area contributed by atoms with E-state index in [4.69, 9.17) is 17.2 Å². The number of aromatic nitrogens is 1. The highest BCUT2D eigenvalue weighted by atomic mass is 32.2. The molecule has 0 aliphatic carbocycles. The monoisotopic (exact) mass is 533 g/mol. The van der Waals surface area contributed by atoms with Gasteiger partial charge >= 0.3 is 5.96 Å². The van der Waals surface area contributed by atoms with Gasteiger partial charge in [0.1, 0.15) is 38.3 Å². The van der Waals surface area contributed by atoms with E-state index in [1.807, 2.05) is 36.1 Å². The van der Waals surface area contributed by atoms with Crippen molar-refractivity contribution in [3.63, 3.8) is 0 Å². The summed E-state index contributed by atoms with van der Waals surface area (Å²) in [6.45, 7) is 0. The fourth-order valence-electron chi connectivity index (χ4n) is 3.38. The molecule has 13 nitrogen and oxygen atoms in total. The Morgan fingerprint density at radius 1 is 1.08 bits per heavy atom. The Labute approximate surface area is 207 Å². The van der Waals surface area contributed by atoms with E-state index in [9.17, 15) is 25.9 Å². The van der Waals surface area contributed by atoms with Gasteiger partial charge in [0.05, 0.1) is 5.25 Å². The Hall–Kier alpha value is -3.97. The molecule has 0 unspecified atom stereocenters. The van der Waals surface area contributed by atoms with Crippen molar-refractivity contribution in [3.8, 4) is 23.0 Å². The first kappa shape index (κ1) is 26.6. The normalized spacial score (nSPS) is 18.3. The molecule has 8 N–H and O–H groups in total. The van der Waals surface area contributed by atoms with Crippen molar-refractivity contribution >= 4 is 37.8 Å². The van der Waals surface area contributed by atoms with Crippen LogP contribution in [0.15, 0.2) is 59.5 Å². The highest BCUT2D eigenvalue weighted by Crippen LogP contribution is 2.27. The van der Waals surface area contributed by atoms with Crippen LogP contribution < -0.4 is 32.1 Å². The molecule has 1 aromatic carbocycles. The van der Waals surface area contributed by atoms with Crippen molar-refractivity contribution in [2.75, 3.05) is 0 Å². The molecule has 0 amide bonds. The average Bonchev–Trinajstić information content (AvgIpc) is 2.76. The van der Waals surface area contributed by atoms with Crippen molar-refractivity contribution in [1.29, 1.82) is 0 Å². The van der Waals surface area contributed by atoms with Gasteiger partial charge in [-0.15, -0.1) is 4.99 Å². The van der Waals surface area contributed by atoms with Crippen LogP contribution >= 0.6 is 0 Å². The van der Waals surface area contributed by atoms with Gasteiger partial charge in [0.25, 0.3) is 5.96 Å². The van der Waals surface area contributed by atoms with Crippen LogP contribution in [0.4, 0.5) is 5.69 Å². The van der Waals surface area contributed by atoms with Crippen molar-refractivity contribution < 1.29 is 35.5 Å². The van der Waals surface area contributed by atoms with E-state index in [-0.39, 0.29) is 17.5 Å². The van der Waals surface area contributed by atoms with Crippen LogP contribution in [0.2, 0.25) is 0 Å². The van der Waals surface area contributed by atoms with Gasteiger partial charge < -0.3 is 31.6 Å². The van der Waals surface area contributed by atoms with E-state index in [0.717, 1.165) is 11.8 Å². The molecular weight excluding hydrogens is 510 g/mol. The Morgan fingerprint density at radius 2 is 1.75 bits per heavy atom. The van der Waals surface area contributed by atoms with Gasteiger partial charge in [-0.1, -0.05) is 17.9 Å². The van der Waals surface area contributed by atoms with E-state index in [0.29, 0.717) is 16.8 Å². The Kier molecular flexibility index (Phi) is 7.65. The molecule has 36 heavy (non-hydrogen) atoms. The largest absolute Gasteiger partial charge is 0.748 e. The van der Waals surface area contributed by atoms with Gasteiger partial charge in [-0.3, -0.25) is 0 Å². The summed E-state index contributed by atoms with van der Waals surface area (Å²) in [5.41, 5.74) is 19.0. The van der Waals surface area contributed by atoms with Gasteiger partial charge in [-0.25, -0.2) is 26.4 Å². The third-order valence-corrected chi connectivity index (χ3v) is 7.47. The van der Waals surface area contributed by atoms with E-state index in [2.05, 4.69) is 27.1 Å². The summed E-state index contributed by atoms with van der Waals surface area (Å²) in [5.74, 6) is 5.43. The first-order valence-corrected chi connectivity index (χ1v) is 13.1. The van der Waals surface area contributed by atoms with E-state index < -0.39 is 37.3 Å². The summed E-state index contributed by atoms with van der Waals surface area (Å²) >= 11 is 0. The van der Waals surface area contributed by atoms with Crippen LogP contribution in [-0.2, 0) is 27.3 Å². The second-order valence-electron chi connectivity index (χ2n) is 7.79. The molecule has 0 fully saturated rings. The van der Waals surface area contributed by atoms with Gasteiger partial charge in [-0.2, -0.15) is 0 Å². The standard InChI is InChI=1S/C21H23N7O6S2/c1-28-8-6-14(7-9-28)17-5-4-16(26-21(24)27-20(22)23)11-15(17)3-2-13-10-18(35(29,30)31)19(25-12-13)36(32,33)34/h4-9,11-12,18-19H,10H2,1H3,(H8,22,23,24,25,26,27,29,30,31,32,33,34)/t18-,19-/m1/s1. The van der Waals surface area contributed by atoms with E-state index in [1.54, 1.807) is 18.2 Å². The summed E-state index contributed by atoms with van der Waals surface area (Å²) in [6.07, 6.45) is 4.23. The number of aryl methyl sites for hydroxylation is 1. The fourth-order valence-corrected chi connectivity index (χ4v) is 5.67. The summed E-state index contributed by atoms with van der Waals surface area (Å²) in [6, 6.07) is 8.75. The van der Waals surface area contributed by atoms with Crippen molar-refractivity contribution in [3.05, 3.63) is 60.1 Å². The van der Waals surface area contributed by atoms with Crippen LogP contribution in [0.25, 0.3) is 11.1 Å². The summed E-state index contributed by atoms with van der Waals surface area (Å²) in [7, 11) is -8.37. The highest BCUT2D eigenvalue weighted by Gasteiger charge is 2.35. The highest BCUT2D eigenvalue weighted by molar-refractivity contribution is 7.90. The number of hydrogen-bond donors (Lipinski definition) is 5. The number of rotatable bonds is 4. The van der Waals surface area contributed by atoms with Crippen molar-refractivity contribution in [1.82, 2.24) is 5.32 Å². The lowest BCUT2D eigenvalue weighted by molar-refractivity contribution is -0.671. The molecule has 3 rings (SSSR count). The second-order valence-corrected chi connectivity index (χ2v) is 10.9. The minimum atomic E-state index is -5.12. The van der Waals surface area contributed by atoms with Crippen LogP contribution in [0.5, 0.6) is 0 Å². The molecule has 2 atom stereocenters. The Morgan fingerprint density at radius 3 is 2.33 bits per heavy atom. The molecule has 0 spiro atoms. The molecule has 0 bridgehead atoms. The lowest BCUT2D eigenvalue weighted by Gasteiger charge is -2.34. The first-order valence-electron chi connectivity index (χ1n) is 10.2. The molecule has 1 aliphatic heterocycles. The molecular formula is C21H23N7O6S2. The second kappa shape index (κ2) is 10.3. The first-order chi connectivity index (χ1) is 16.7. The van der Waals surface area contributed by atoms with Crippen LogP contribution in [0.1, 0.15) is 12.0 Å². The number of aliphatic imine (C=N–C) groups is 1. The molecule has 2 aromatic rings. The van der Waals surface area contributed by atoms with Crippen molar-refractivity contribution in [2.45, 2.75) is 17.0 Å². The van der Waals surface area contributed by atoms with Crippen LogP contribution in [0.3, 0.4) is 0 Å². The molecule has 0 radical (unpaired) electrons. The van der Waals surface area contributed by atoms with E-state index >= 15 is 0 Å². The topological polar surface area (TPSA) is 235 Å². The Balaban J connectivity index is 2.08. The molecule has 1 aromatic heterocycles. The summed E-state index contributed by atoms with van der Waals surface area (Å²) < 4.78 is 71.0. The number of allylic oxidation sites excluding steroid dienone is 1. The maximum atomic E-state index is 11.6. The van der Waals surface area contributed by atoms with Gasteiger partial charge in [0.2, 0.25) is 0 Å². The predicted molar refractivity (Wildman–Crippen MR) is 128 cm³/mol. The van der Waals surface area contributed by atoms with Gasteiger partial charge in [-0.05, 0) is 23.3 Å². The van der Waals surface area contributed by atoms with E-state index in [1.165, 1.54) is 0 Å². The molecule has 0 saturated carbocycles. The molecule has 0 saturated heterocycles. The zero-order valence-electron chi connectivity index (χ0n) is 18.9.